The average Bonchev–Trinajstić information content (AvgIpc) is 2.44. The van der Waals surface area contributed by atoms with Gasteiger partial charge in [-0.1, -0.05) is 27.7 Å². The molecule has 0 aliphatic carbocycles. The van der Waals surface area contributed by atoms with Crippen LogP contribution >= 0.6 is 0 Å². The number of ether oxygens (including phenoxy) is 1. The molecule has 7 nitrogen and oxygen atoms in total. The number of carbonyl (C=O) groups excluding carboxylic acids is 1. The molecule has 1 aromatic rings. The van der Waals surface area contributed by atoms with Crippen LogP contribution in [0, 0.1) is 11.8 Å². The van der Waals surface area contributed by atoms with Gasteiger partial charge in [0.2, 0.25) is 0 Å². The van der Waals surface area contributed by atoms with Crippen molar-refractivity contribution >= 4 is 73.4 Å². The van der Waals surface area contributed by atoms with E-state index in [4.69, 9.17) is 9.84 Å². The van der Waals surface area contributed by atoms with Crippen LogP contribution in [0.4, 0.5) is 0 Å². The van der Waals surface area contributed by atoms with E-state index in [1.807, 2.05) is 27.7 Å². The van der Waals surface area contributed by atoms with Crippen LogP contribution < -0.4 is 0 Å². The Balaban J connectivity index is 0.00000576. The molecule has 0 bridgehead atoms. The number of benzene rings is 1. The fourth-order valence-corrected chi connectivity index (χ4v) is 2.86. The van der Waals surface area contributed by atoms with Gasteiger partial charge in [0.15, 0.2) is 0 Å². The molecule has 0 radical (unpaired) electrons. The third-order valence-electron chi connectivity index (χ3n) is 3.43. The zero-order chi connectivity index (χ0) is 18.7. The van der Waals surface area contributed by atoms with Gasteiger partial charge in [0.1, 0.15) is 11.0 Å². The molecular formula is C16H23KO7S. The molecule has 1 unspecified atom stereocenters. The first kappa shape index (κ1) is 24.7. The molecule has 0 heterocycles. The molecule has 136 valence electrons. The molecule has 1 rings (SSSR count). The summed E-state index contributed by atoms with van der Waals surface area (Å²) in [5.74, 6) is -2.01. The molecule has 2 N–H and O–H groups in total. The van der Waals surface area contributed by atoms with Gasteiger partial charge in [0.25, 0.3) is 10.1 Å². The van der Waals surface area contributed by atoms with Crippen molar-refractivity contribution in [3.8, 4) is 0 Å². The standard InChI is InChI=1S/C16H22O7S.K.H/c1-9(2)7-13(10(3)4)23-16(19)12-6-5-11(15(17)18)8-14(12)24(20,21)22;;/h5-6,8-10,13H,7H2,1-4H3,(H,17,18)(H,20,21,22);;. The van der Waals surface area contributed by atoms with Gasteiger partial charge in [-0.05, 0) is 36.5 Å². The summed E-state index contributed by atoms with van der Waals surface area (Å²) < 4.78 is 37.6. The Bertz CT molecular complexity index is 726. The molecule has 25 heavy (non-hydrogen) atoms. The zero-order valence-electron chi connectivity index (χ0n) is 14.0. The first-order valence-electron chi connectivity index (χ1n) is 7.49. The molecule has 0 saturated carbocycles. The summed E-state index contributed by atoms with van der Waals surface area (Å²) in [4.78, 5) is 22.5. The second-order valence-electron chi connectivity index (χ2n) is 6.31. The SMILES string of the molecule is CC(C)CC(OC(=O)c1ccc(C(=O)O)cc1S(=O)(=O)O)C(C)C.[KH]. The number of aromatic carboxylic acids is 1. The fraction of sp³-hybridized carbons (Fsp3) is 0.500. The molecule has 0 amide bonds. The van der Waals surface area contributed by atoms with Gasteiger partial charge >= 0.3 is 63.3 Å². The Hall–Kier alpha value is -0.294. The van der Waals surface area contributed by atoms with E-state index >= 15 is 0 Å². The number of carbonyl (C=O) groups is 2. The fourth-order valence-electron chi connectivity index (χ4n) is 2.16. The predicted molar refractivity (Wildman–Crippen MR) is 93.9 cm³/mol. The van der Waals surface area contributed by atoms with Gasteiger partial charge in [-0.15, -0.1) is 0 Å². The van der Waals surface area contributed by atoms with Crippen molar-refractivity contribution in [2.24, 2.45) is 11.8 Å². The molecule has 0 spiro atoms. The van der Waals surface area contributed by atoms with Crippen LogP contribution in [0.1, 0.15) is 54.8 Å². The van der Waals surface area contributed by atoms with E-state index < -0.39 is 38.6 Å². The van der Waals surface area contributed by atoms with Gasteiger partial charge in [-0.2, -0.15) is 8.42 Å². The van der Waals surface area contributed by atoms with E-state index in [0.717, 1.165) is 18.2 Å². The van der Waals surface area contributed by atoms with Gasteiger partial charge < -0.3 is 9.84 Å². The summed E-state index contributed by atoms with van der Waals surface area (Å²) in [6.07, 6.45) is 0.170. The van der Waals surface area contributed by atoms with Crippen molar-refractivity contribution in [2.45, 2.75) is 45.1 Å². The first-order valence-corrected chi connectivity index (χ1v) is 8.93. The van der Waals surface area contributed by atoms with Gasteiger partial charge in [-0.3, -0.25) is 4.55 Å². The molecule has 9 heteroatoms. The Morgan fingerprint density at radius 3 is 2.12 bits per heavy atom. The monoisotopic (exact) mass is 398 g/mol. The van der Waals surface area contributed by atoms with Crippen molar-refractivity contribution in [1.82, 2.24) is 0 Å². The van der Waals surface area contributed by atoms with Crippen molar-refractivity contribution < 1.29 is 32.4 Å². The van der Waals surface area contributed by atoms with Crippen molar-refractivity contribution in [3.63, 3.8) is 0 Å². The van der Waals surface area contributed by atoms with Crippen LogP contribution in [0.5, 0.6) is 0 Å². The molecule has 0 aliphatic heterocycles. The van der Waals surface area contributed by atoms with Gasteiger partial charge in [0, 0.05) is 0 Å². The summed E-state index contributed by atoms with van der Waals surface area (Å²) >= 11 is 0. The second-order valence-corrected chi connectivity index (χ2v) is 7.70. The maximum absolute atomic E-state index is 12.3. The number of rotatable bonds is 7. The topological polar surface area (TPSA) is 118 Å². The summed E-state index contributed by atoms with van der Waals surface area (Å²) in [5, 5.41) is 8.93. The Labute approximate surface area is 190 Å². The van der Waals surface area contributed by atoms with Crippen molar-refractivity contribution in [2.75, 3.05) is 0 Å². The third-order valence-corrected chi connectivity index (χ3v) is 4.33. The summed E-state index contributed by atoms with van der Waals surface area (Å²) in [6.45, 7) is 7.68. The quantitative estimate of drug-likeness (QED) is 0.411. The molecule has 0 aliphatic rings. The average molecular weight is 399 g/mol. The summed E-state index contributed by atoms with van der Waals surface area (Å²) in [5.41, 5.74) is -0.751. The van der Waals surface area contributed by atoms with E-state index in [0.29, 0.717) is 6.42 Å². The Morgan fingerprint density at radius 1 is 1.16 bits per heavy atom. The van der Waals surface area contributed by atoms with Crippen LogP contribution in [0.15, 0.2) is 23.1 Å². The number of hydrogen-bond acceptors (Lipinski definition) is 5. The van der Waals surface area contributed by atoms with Crippen molar-refractivity contribution in [1.29, 1.82) is 0 Å². The van der Waals surface area contributed by atoms with Gasteiger partial charge in [0.05, 0.1) is 11.1 Å². The Kier molecular flexibility index (Phi) is 10.0. The molecule has 0 aromatic heterocycles. The van der Waals surface area contributed by atoms with Crippen molar-refractivity contribution in [3.05, 3.63) is 29.3 Å². The van der Waals surface area contributed by atoms with Crippen LogP contribution in [-0.2, 0) is 14.9 Å². The summed E-state index contributed by atoms with van der Waals surface area (Å²) in [7, 11) is -4.78. The molecule has 1 atom stereocenters. The number of esters is 1. The van der Waals surface area contributed by atoms with E-state index in [1.165, 1.54) is 0 Å². The Morgan fingerprint density at radius 2 is 1.72 bits per heavy atom. The maximum atomic E-state index is 12.3. The van der Waals surface area contributed by atoms with Crippen LogP contribution in [-0.4, -0.2) is 87.5 Å². The minimum absolute atomic E-state index is 0. The van der Waals surface area contributed by atoms with E-state index in [1.54, 1.807) is 0 Å². The van der Waals surface area contributed by atoms with E-state index in [9.17, 15) is 22.6 Å². The minimum atomic E-state index is -4.78. The first-order chi connectivity index (χ1) is 10.9. The number of carboxylic acids is 1. The van der Waals surface area contributed by atoms with E-state index in [2.05, 4.69) is 0 Å². The van der Waals surface area contributed by atoms with Crippen LogP contribution in [0.2, 0.25) is 0 Å². The van der Waals surface area contributed by atoms with Crippen LogP contribution in [0.25, 0.3) is 0 Å². The van der Waals surface area contributed by atoms with Gasteiger partial charge in [-0.25, -0.2) is 9.59 Å². The molecule has 0 fully saturated rings. The molecule has 0 saturated heterocycles. The van der Waals surface area contributed by atoms with Crippen LogP contribution in [0.3, 0.4) is 0 Å². The molecule has 1 aromatic carbocycles. The normalized spacial score (nSPS) is 12.6. The zero-order valence-corrected chi connectivity index (χ0v) is 14.8. The predicted octanol–water partition coefficient (Wildman–Crippen LogP) is 2.21. The second kappa shape index (κ2) is 10.1. The van der Waals surface area contributed by atoms with E-state index in [-0.39, 0.29) is 68.8 Å². The summed E-state index contributed by atoms with van der Waals surface area (Å²) in [6, 6.07) is 2.85. The molecular weight excluding hydrogens is 375 g/mol. The number of carboxylic acid groups (broad SMARTS) is 1. The number of hydrogen-bond donors (Lipinski definition) is 2. The third kappa shape index (κ3) is 7.46.